The van der Waals surface area contributed by atoms with Crippen molar-refractivity contribution in [3.63, 3.8) is 0 Å². The molecule has 3 heteroatoms. The summed E-state index contributed by atoms with van der Waals surface area (Å²) in [5.41, 5.74) is 4.31. The lowest BCUT2D eigenvalue weighted by Crippen LogP contribution is -1.93. The van der Waals surface area contributed by atoms with Crippen molar-refractivity contribution in [3.8, 4) is 0 Å². The standard InChI is InChI=1S/C14H12N3/c1-2-4-11(5-3-1)6-7-12-8-9-15-14-13(12)16-10-17-14/h1-5,8-9H,6-7H2,(H,15,16,17). The Hall–Kier alpha value is -2.16. The molecule has 0 amide bonds. The van der Waals surface area contributed by atoms with Gasteiger partial charge in [-0.2, -0.15) is 0 Å². The highest BCUT2D eigenvalue weighted by molar-refractivity contribution is 5.73. The Balaban J connectivity index is 1.84. The molecule has 0 bridgehead atoms. The van der Waals surface area contributed by atoms with E-state index in [0.717, 1.165) is 24.0 Å². The molecule has 83 valence electrons. The van der Waals surface area contributed by atoms with Gasteiger partial charge in [0.2, 0.25) is 0 Å². The van der Waals surface area contributed by atoms with Crippen LogP contribution >= 0.6 is 0 Å². The van der Waals surface area contributed by atoms with Crippen LogP contribution in [0.15, 0.2) is 42.6 Å². The predicted molar refractivity (Wildman–Crippen MR) is 66.6 cm³/mol. The predicted octanol–water partition coefficient (Wildman–Crippen LogP) is 2.54. The number of pyridine rings is 1. The van der Waals surface area contributed by atoms with Crippen LogP contribution in [0.3, 0.4) is 0 Å². The average Bonchev–Trinajstić information content (AvgIpc) is 2.86. The van der Waals surface area contributed by atoms with E-state index in [0.29, 0.717) is 0 Å². The van der Waals surface area contributed by atoms with E-state index in [1.165, 1.54) is 11.1 Å². The van der Waals surface area contributed by atoms with E-state index >= 15 is 0 Å². The lowest BCUT2D eigenvalue weighted by Gasteiger charge is -2.02. The molecule has 0 unspecified atom stereocenters. The van der Waals surface area contributed by atoms with E-state index in [2.05, 4.69) is 45.5 Å². The number of H-pyrrole nitrogens is 1. The largest absolute Gasteiger partial charge is 0.320 e. The van der Waals surface area contributed by atoms with Crippen molar-refractivity contribution in [2.75, 3.05) is 0 Å². The topological polar surface area (TPSA) is 41.6 Å². The summed E-state index contributed by atoms with van der Waals surface area (Å²) in [5, 5.41) is 0. The molecule has 2 aromatic heterocycles. The number of hydrogen-bond donors (Lipinski definition) is 1. The second-order valence-corrected chi connectivity index (χ2v) is 4.00. The minimum Gasteiger partial charge on any atom is -0.320 e. The van der Waals surface area contributed by atoms with Crippen molar-refractivity contribution >= 4 is 11.2 Å². The quantitative estimate of drug-likeness (QED) is 0.740. The number of rotatable bonds is 3. The van der Waals surface area contributed by atoms with Crippen molar-refractivity contribution in [1.82, 2.24) is 15.0 Å². The second-order valence-electron chi connectivity index (χ2n) is 4.00. The van der Waals surface area contributed by atoms with Crippen LogP contribution in [0.5, 0.6) is 0 Å². The molecular formula is C14H12N3. The van der Waals surface area contributed by atoms with Gasteiger partial charge in [-0.05, 0) is 30.0 Å². The molecule has 3 nitrogen and oxygen atoms in total. The maximum Gasteiger partial charge on any atom is 0.175 e. The highest BCUT2D eigenvalue weighted by Crippen LogP contribution is 2.14. The fraction of sp³-hybridized carbons (Fsp3) is 0.143. The Morgan fingerprint density at radius 2 is 1.94 bits per heavy atom. The smallest absolute Gasteiger partial charge is 0.175 e. The van der Waals surface area contributed by atoms with E-state index in [4.69, 9.17) is 0 Å². The number of fused-ring (bicyclic) bond motifs is 1. The Bertz CT molecular complexity index is 613. The molecule has 0 atom stereocenters. The molecular weight excluding hydrogens is 210 g/mol. The van der Waals surface area contributed by atoms with Crippen LogP contribution in [-0.4, -0.2) is 15.0 Å². The summed E-state index contributed by atoms with van der Waals surface area (Å²) in [6, 6.07) is 12.5. The van der Waals surface area contributed by atoms with E-state index in [-0.39, 0.29) is 0 Å². The molecule has 1 aromatic carbocycles. The van der Waals surface area contributed by atoms with Gasteiger partial charge in [-0.1, -0.05) is 30.3 Å². The summed E-state index contributed by atoms with van der Waals surface area (Å²) in [7, 11) is 0. The highest BCUT2D eigenvalue weighted by atomic mass is 14.9. The molecule has 0 fully saturated rings. The maximum absolute atomic E-state index is 4.21. The van der Waals surface area contributed by atoms with Gasteiger partial charge >= 0.3 is 0 Å². The van der Waals surface area contributed by atoms with Crippen molar-refractivity contribution in [2.45, 2.75) is 12.8 Å². The van der Waals surface area contributed by atoms with Crippen LogP contribution in [-0.2, 0) is 12.8 Å². The Kier molecular flexibility index (Phi) is 2.58. The normalized spacial score (nSPS) is 10.8. The summed E-state index contributed by atoms with van der Waals surface area (Å²) < 4.78 is 0. The lowest BCUT2D eigenvalue weighted by atomic mass is 10.0. The van der Waals surface area contributed by atoms with Crippen molar-refractivity contribution in [3.05, 3.63) is 60.0 Å². The number of nitrogens with zero attached hydrogens (tertiary/aromatic N) is 2. The maximum atomic E-state index is 4.21. The molecule has 2 heterocycles. The monoisotopic (exact) mass is 222 g/mol. The number of aromatic nitrogens is 3. The molecule has 0 aliphatic rings. The van der Waals surface area contributed by atoms with E-state index in [1.807, 2.05) is 18.3 Å². The molecule has 17 heavy (non-hydrogen) atoms. The first-order chi connectivity index (χ1) is 8.43. The molecule has 1 N–H and O–H groups in total. The summed E-state index contributed by atoms with van der Waals surface area (Å²) in [4.78, 5) is 11.3. The zero-order valence-electron chi connectivity index (χ0n) is 9.35. The van der Waals surface area contributed by atoms with Gasteiger partial charge in [0.25, 0.3) is 0 Å². The lowest BCUT2D eigenvalue weighted by molar-refractivity contribution is 0.963. The Labute approximate surface area is 99.5 Å². The van der Waals surface area contributed by atoms with Crippen LogP contribution < -0.4 is 0 Å². The fourth-order valence-corrected chi connectivity index (χ4v) is 1.97. The van der Waals surface area contributed by atoms with Gasteiger partial charge < -0.3 is 4.98 Å². The Morgan fingerprint density at radius 1 is 1.06 bits per heavy atom. The molecule has 0 aliphatic heterocycles. The number of benzene rings is 1. The number of aromatic amines is 1. The molecule has 3 aromatic rings. The van der Waals surface area contributed by atoms with Crippen molar-refractivity contribution in [1.29, 1.82) is 0 Å². The minimum atomic E-state index is 0.815. The summed E-state index contributed by atoms with van der Waals surface area (Å²) in [6.45, 7) is 0. The van der Waals surface area contributed by atoms with Gasteiger partial charge in [0.05, 0.1) is 0 Å². The van der Waals surface area contributed by atoms with Gasteiger partial charge in [-0.25, -0.2) is 9.97 Å². The molecule has 0 aliphatic carbocycles. The number of aryl methyl sites for hydroxylation is 2. The summed E-state index contributed by atoms with van der Waals surface area (Å²) >= 11 is 0. The van der Waals surface area contributed by atoms with Crippen LogP contribution in [0.2, 0.25) is 0 Å². The first-order valence-corrected chi connectivity index (χ1v) is 5.67. The van der Waals surface area contributed by atoms with Gasteiger partial charge in [-0.15, -0.1) is 0 Å². The molecule has 3 rings (SSSR count). The van der Waals surface area contributed by atoms with Crippen LogP contribution in [0.4, 0.5) is 0 Å². The third-order valence-corrected chi connectivity index (χ3v) is 2.88. The van der Waals surface area contributed by atoms with Gasteiger partial charge in [0.15, 0.2) is 12.0 Å². The zero-order valence-corrected chi connectivity index (χ0v) is 9.35. The zero-order chi connectivity index (χ0) is 11.5. The first-order valence-electron chi connectivity index (χ1n) is 5.67. The van der Waals surface area contributed by atoms with Crippen LogP contribution in [0.25, 0.3) is 11.2 Å². The van der Waals surface area contributed by atoms with Gasteiger partial charge in [0.1, 0.15) is 5.52 Å². The van der Waals surface area contributed by atoms with Crippen molar-refractivity contribution in [2.24, 2.45) is 0 Å². The van der Waals surface area contributed by atoms with E-state index < -0.39 is 0 Å². The Morgan fingerprint density at radius 3 is 2.82 bits per heavy atom. The molecule has 0 saturated carbocycles. The van der Waals surface area contributed by atoms with Crippen LogP contribution in [0.1, 0.15) is 11.1 Å². The molecule has 1 radical (unpaired) electrons. The highest BCUT2D eigenvalue weighted by Gasteiger charge is 2.04. The van der Waals surface area contributed by atoms with E-state index in [1.54, 1.807) is 0 Å². The third kappa shape index (κ3) is 2.04. The van der Waals surface area contributed by atoms with Gasteiger partial charge in [0, 0.05) is 6.20 Å². The number of hydrogen-bond acceptors (Lipinski definition) is 2. The van der Waals surface area contributed by atoms with E-state index in [9.17, 15) is 0 Å². The number of imidazole rings is 1. The third-order valence-electron chi connectivity index (χ3n) is 2.88. The fourth-order valence-electron chi connectivity index (χ4n) is 1.97. The summed E-state index contributed by atoms with van der Waals surface area (Å²) in [6.07, 6.45) is 6.55. The second kappa shape index (κ2) is 4.37. The van der Waals surface area contributed by atoms with Gasteiger partial charge in [-0.3, -0.25) is 0 Å². The number of nitrogens with one attached hydrogen (secondary N) is 1. The minimum absolute atomic E-state index is 0.815. The molecule has 0 saturated heterocycles. The SMILES string of the molecule is [c]1nc2c(CCc3ccccc3)ccnc2[nH]1. The average molecular weight is 222 g/mol. The molecule has 0 spiro atoms. The summed E-state index contributed by atoms with van der Waals surface area (Å²) in [5.74, 6) is 0. The first kappa shape index (κ1) is 10.0. The van der Waals surface area contributed by atoms with Crippen molar-refractivity contribution < 1.29 is 0 Å². The van der Waals surface area contributed by atoms with Crippen LogP contribution in [0, 0.1) is 6.33 Å².